The molecule has 4 aromatic carbocycles. The molecule has 43 heavy (non-hydrogen) atoms. The number of halogens is 3. The number of hydrogen-bond acceptors (Lipinski definition) is 4. The lowest BCUT2D eigenvalue weighted by atomic mass is 10.0. The number of likely N-dealkylation sites (N-methyl/N-ethyl adjacent to an activating group) is 1. The lowest BCUT2D eigenvalue weighted by molar-refractivity contribution is -0.140. The quantitative estimate of drug-likeness (QED) is 0.202. The summed E-state index contributed by atoms with van der Waals surface area (Å²) >= 11 is 12.7. The standard InChI is InChI=1S/C32H30Cl2FN3O4S/c1-2-36-32(40)29(20-23-10-5-3-6-11-23)37(21-24-16-18-25(35)19-17-24)30(39)22-38(28-15-9-14-27(33)31(28)34)43(41,42)26-12-7-4-8-13-26/h3-19,29H,2,20-22H2,1H3,(H,36,40)/t29-/m1/s1. The highest BCUT2D eigenvalue weighted by molar-refractivity contribution is 7.92. The van der Waals surface area contributed by atoms with E-state index in [0.717, 1.165) is 9.87 Å². The highest BCUT2D eigenvalue weighted by Gasteiger charge is 2.35. The van der Waals surface area contributed by atoms with Gasteiger partial charge in [0.1, 0.15) is 18.4 Å². The van der Waals surface area contributed by atoms with E-state index in [1.54, 1.807) is 25.1 Å². The molecule has 2 amide bonds. The smallest absolute Gasteiger partial charge is 0.264 e. The molecule has 4 rings (SSSR count). The zero-order valence-electron chi connectivity index (χ0n) is 23.3. The second-order valence-corrected chi connectivity index (χ2v) is 12.3. The third-order valence-electron chi connectivity index (χ3n) is 6.70. The van der Waals surface area contributed by atoms with Gasteiger partial charge in [-0.15, -0.1) is 0 Å². The minimum Gasteiger partial charge on any atom is -0.355 e. The van der Waals surface area contributed by atoms with Crippen molar-refractivity contribution in [1.82, 2.24) is 10.2 Å². The summed E-state index contributed by atoms with van der Waals surface area (Å²) in [5.41, 5.74) is 1.35. The molecule has 224 valence electrons. The monoisotopic (exact) mass is 641 g/mol. The van der Waals surface area contributed by atoms with Crippen LogP contribution in [0, 0.1) is 5.82 Å². The van der Waals surface area contributed by atoms with Crippen LogP contribution in [0.2, 0.25) is 10.0 Å². The molecule has 0 saturated heterocycles. The molecule has 0 aliphatic heterocycles. The topological polar surface area (TPSA) is 86.8 Å². The first-order chi connectivity index (χ1) is 20.6. The van der Waals surface area contributed by atoms with Gasteiger partial charge in [-0.1, -0.05) is 89.9 Å². The summed E-state index contributed by atoms with van der Waals surface area (Å²) in [7, 11) is -4.32. The Morgan fingerprint density at radius 3 is 2.09 bits per heavy atom. The van der Waals surface area contributed by atoms with Crippen LogP contribution in [0.15, 0.2) is 108 Å². The van der Waals surface area contributed by atoms with E-state index in [0.29, 0.717) is 12.1 Å². The lowest BCUT2D eigenvalue weighted by Crippen LogP contribution is -2.53. The molecule has 1 N–H and O–H groups in total. The number of carbonyl (C=O) groups excluding carboxylic acids is 2. The predicted octanol–water partition coefficient (Wildman–Crippen LogP) is 6.10. The summed E-state index contributed by atoms with van der Waals surface area (Å²) in [4.78, 5) is 29.0. The molecule has 0 aromatic heterocycles. The number of nitrogens with zero attached hydrogens (tertiary/aromatic N) is 2. The zero-order valence-corrected chi connectivity index (χ0v) is 25.6. The molecule has 0 aliphatic carbocycles. The summed E-state index contributed by atoms with van der Waals surface area (Å²) in [5, 5.41) is 2.84. The zero-order chi connectivity index (χ0) is 31.0. The van der Waals surface area contributed by atoms with Crippen molar-refractivity contribution in [3.8, 4) is 0 Å². The predicted molar refractivity (Wildman–Crippen MR) is 167 cm³/mol. The van der Waals surface area contributed by atoms with E-state index >= 15 is 0 Å². The van der Waals surface area contributed by atoms with Gasteiger partial charge < -0.3 is 10.2 Å². The largest absolute Gasteiger partial charge is 0.355 e. The Morgan fingerprint density at radius 2 is 1.47 bits per heavy atom. The van der Waals surface area contributed by atoms with Gasteiger partial charge in [0.2, 0.25) is 11.8 Å². The van der Waals surface area contributed by atoms with Crippen LogP contribution < -0.4 is 9.62 Å². The molecule has 0 heterocycles. The summed E-state index contributed by atoms with van der Waals surface area (Å²) in [6, 6.07) is 25.8. The Bertz CT molecular complexity index is 1660. The van der Waals surface area contributed by atoms with Crippen molar-refractivity contribution in [2.75, 3.05) is 17.4 Å². The van der Waals surface area contributed by atoms with Crippen molar-refractivity contribution in [2.24, 2.45) is 0 Å². The van der Waals surface area contributed by atoms with E-state index in [2.05, 4.69) is 5.32 Å². The minimum atomic E-state index is -4.32. The molecule has 1 atom stereocenters. The van der Waals surface area contributed by atoms with Gasteiger partial charge in [0.05, 0.1) is 20.6 Å². The Kier molecular flexibility index (Phi) is 10.8. The number of anilines is 1. The van der Waals surface area contributed by atoms with E-state index < -0.39 is 40.2 Å². The maximum atomic E-state index is 14.3. The Labute approximate surface area is 260 Å². The van der Waals surface area contributed by atoms with Gasteiger partial charge >= 0.3 is 0 Å². The molecule has 11 heteroatoms. The van der Waals surface area contributed by atoms with Gasteiger partial charge in [0.15, 0.2) is 0 Å². The maximum Gasteiger partial charge on any atom is 0.264 e. The van der Waals surface area contributed by atoms with Crippen LogP contribution in [-0.4, -0.2) is 44.3 Å². The SMILES string of the molecule is CCNC(=O)[C@@H](Cc1ccccc1)N(Cc1ccc(F)cc1)C(=O)CN(c1cccc(Cl)c1Cl)S(=O)(=O)c1ccccc1. The second-order valence-electron chi connectivity index (χ2n) is 9.65. The van der Waals surface area contributed by atoms with Crippen molar-refractivity contribution in [1.29, 1.82) is 0 Å². The average Bonchev–Trinajstić information content (AvgIpc) is 3.01. The highest BCUT2D eigenvalue weighted by Crippen LogP contribution is 2.35. The first-order valence-electron chi connectivity index (χ1n) is 13.5. The van der Waals surface area contributed by atoms with Gasteiger partial charge in [-0.25, -0.2) is 12.8 Å². The molecular weight excluding hydrogens is 612 g/mol. The van der Waals surface area contributed by atoms with Crippen molar-refractivity contribution < 1.29 is 22.4 Å². The number of benzene rings is 4. The van der Waals surface area contributed by atoms with Crippen LogP contribution in [0.1, 0.15) is 18.1 Å². The van der Waals surface area contributed by atoms with Crippen molar-refractivity contribution >= 4 is 50.7 Å². The number of rotatable bonds is 12. The van der Waals surface area contributed by atoms with E-state index in [9.17, 15) is 22.4 Å². The van der Waals surface area contributed by atoms with Crippen LogP contribution in [0.3, 0.4) is 0 Å². The molecular formula is C32H30Cl2FN3O4S. The molecule has 0 fully saturated rings. The van der Waals surface area contributed by atoms with Gasteiger partial charge in [0, 0.05) is 19.5 Å². The Balaban J connectivity index is 1.81. The summed E-state index contributed by atoms with van der Waals surface area (Å²) < 4.78 is 42.6. The third-order valence-corrected chi connectivity index (χ3v) is 9.28. The fourth-order valence-corrected chi connectivity index (χ4v) is 6.45. The number of amides is 2. The molecule has 0 bridgehead atoms. The van der Waals surface area contributed by atoms with Crippen LogP contribution >= 0.6 is 23.2 Å². The van der Waals surface area contributed by atoms with Gasteiger partial charge in [-0.05, 0) is 54.4 Å². The summed E-state index contributed by atoms with van der Waals surface area (Å²) in [6.07, 6.45) is 0.156. The van der Waals surface area contributed by atoms with E-state index in [1.807, 2.05) is 30.3 Å². The highest BCUT2D eigenvalue weighted by atomic mass is 35.5. The van der Waals surface area contributed by atoms with Gasteiger partial charge in [0.25, 0.3) is 10.0 Å². The summed E-state index contributed by atoms with van der Waals surface area (Å²) in [5.74, 6) is -1.55. The minimum absolute atomic E-state index is 0.00530. The summed E-state index contributed by atoms with van der Waals surface area (Å²) in [6.45, 7) is 1.30. The fourth-order valence-electron chi connectivity index (χ4n) is 4.55. The molecule has 0 aliphatic rings. The average molecular weight is 643 g/mol. The molecule has 4 aromatic rings. The lowest BCUT2D eigenvalue weighted by Gasteiger charge is -2.34. The second kappa shape index (κ2) is 14.5. The maximum absolute atomic E-state index is 14.3. The normalized spacial score (nSPS) is 11.9. The fraction of sp³-hybridized carbons (Fsp3) is 0.188. The van der Waals surface area contributed by atoms with Gasteiger partial charge in [-0.3, -0.25) is 13.9 Å². The van der Waals surface area contributed by atoms with Crippen LogP contribution in [0.4, 0.5) is 10.1 Å². The number of sulfonamides is 1. The molecule has 0 radical (unpaired) electrons. The number of hydrogen-bond donors (Lipinski definition) is 1. The molecule has 7 nitrogen and oxygen atoms in total. The first kappa shape index (κ1) is 32.0. The van der Waals surface area contributed by atoms with Crippen molar-refractivity contribution in [2.45, 2.75) is 30.8 Å². The molecule has 0 unspecified atom stereocenters. The Morgan fingerprint density at radius 1 is 0.837 bits per heavy atom. The number of carbonyl (C=O) groups is 2. The molecule has 0 saturated carbocycles. The van der Waals surface area contributed by atoms with Crippen LogP contribution in [0.25, 0.3) is 0 Å². The van der Waals surface area contributed by atoms with E-state index in [4.69, 9.17) is 23.2 Å². The van der Waals surface area contributed by atoms with E-state index in [1.165, 1.54) is 59.5 Å². The molecule has 0 spiro atoms. The van der Waals surface area contributed by atoms with Crippen molar-refractivity contribution in [3.05, 3.63) is 130 Å². The third kappa shape index (κ3) is 7.93. The van der Waals surface area contributed by atoms with Gasteiger partial charge in [-0.2, -0.15) is 0 Å². The van der Waals surface area contributed by atoms with Crippen LogP contribution in [-0.2, 0) is 32.6 Å². The Hall–Kier alpha value is -3.92. The van der Waals surface area contributed by atoms with Crippen LogP contribution in [0.5, 0.6) is 0 Å². The van der Waals surface area contributed by atoms with E-state index in [-0.39, 0.29) is 33.6 Å². The van der Waals surface area contributed by atoms with Crippen molar-refractivity contribution in [3.63, 3.8) is 0 Å². The number of nitrogens with one attached hydrogen (secondary N) is 1. The first-order valence-corrected chi connectivity index (χ1v) is 15.7.